The van der Waals surface area contributed by atoms with Crippen molar-refractivity contribution in [2.24, 2.45) is 7.05 Å². The van der Waals surface area contributed by atoms with E-state index in [2.05, 4.69) is 10.3 Å². The smallest absolute Gasteiger partial charge is 0.257 e. The fraction of sp³-hybridized carbons (Fsp3) is 0.333. The molecule has 6 nitrogen and oxygen atoms in total. The summed E-state index contributed by atoms with van der Waals surface area (Å²) in [6.45, 7) is 1.58. The lowest BCUT2D eigenvalue weighted by Crippen LogP contribution is -2.35. The van der Waals surface area contributed by atoms with E-state index in [0.29, 0.717) is 17.1 Å². The molecule has 29 heavy (non-hydrogen) atoms. The molecule has 1 fully saturated rings. The van der Waals surface area contributed by atoms with Crippen LogP contribution in [0.15, 0.2) is 36.7 Å². The van der Waals surface area contributed by atoms with E-state index in [0.717, 1.165) is 36.8 Å². The van der Waals surface area contributed by atoms with Crippen molar-refractivity contribution < 1.29 is 13.9 Å². The Balaban J connectivity index is 0.00000240. The molecule has 0 aliphatic carbocycles. The van der Waals surface area contributed by atoms with E-state index in [1.165, 1.54) is 19.6 Å². The number of ether oxygens (including phenoxy) is 1. The summed E-state index contributed by atoms with van der Waals surface area (Å²) in [5, 5.41) is 4.05. The number of aryl methyl sites for hydroxylation is 1. The van der Waals surface area contributed by atoms with Crippen LogP contribution in [-0.2, 0) is 7.05 Å². The zero-order chi connectivity index (χ0) is 19.7. The summed E-state index contributed by atoms with van der Waals surface area (Å²) < 4.78 is 20.6. The number of pyridine rings is 1. The van der Waals surface area contributed by atoms with E-state index in [1.807, 2.05) is 28.8 Å². The number of carbonyl (C=O) groups excluding carboxylic acids is 1. The SMILES string of the molecule is COc1cc(Nc2ncc(C(=O)N3CCCCC3)c3c2ccn3C)ccc1F.Cl. The largest absolute Gasteiger partial charge is 0.494 e. The predicted molar refractivity (Wildman–Crippen MR) is 114 cm³/mol. The second-order valence-corrected chi connectivity index (χ2v) is 7.04. The van der Waals surface area contributed by atoms with Crippen molar-refractivity contribution in [3.63, 3.8) is 0 Å². The number of nitrogens with one attached hydrogen (secondary N) is 1. The number of amides is 1. The topological polar surface area (TPSA) is 59.4 Å². The van der Waals surface area contributed by atoms with Crippen molar-refractivity contribution in [3.05, 3.63) is 48.0 Å². The van der Waals surface area contributed by atoms with Gasteiger partial charge in [0.25, 0.3) is 5.91 Å². The van der Waals surface area contributed by atoms with Gasteiger partial charge >= 0.3 is 0 Å². The van der Waals surface area contributed by atoms with Gasteiger partial charge in [-0.05, 0) is 37.5 Å². The second kappa shape index (κ2) is 8.69. The molecule has 1 aromatic carbocycles. The summed E-state index contributed by atoms with van der Waals surface area (Å²) in [4.78, 5) is 19.5. The van der Waals surface area contributed by atoms with Crippen molar-refractivity contribution >= 4 is 40.7 Å². The lowest BCUT2D eigenvalue weighted by Gasteiger charge is -2.27. The number of fused-ring (bicyclic) bond motifs is 1. The zero-order valence-electron chi connectivity index (χ0n) is 16.4. The minimum absolute atomic E-state index is 0. The van der Waals surface area contributed by atoms with Crippen LogP contribution >= 0.6 is 12.4 Å². The molecule has 2 aromatic heterocycles. The molecule has 1 aliphatic rings. The molecule has 0 saturated carbocycles. The van der Waals surface area contributed by atoms with Crippen LogP contribution in [0.3, 0.4) is 0 Å². The number of rotatable bonds is 4. The summed E-state index contributed by atoms with van der Waals surface area (Å²) >= 11 is 0. The first kappa shape index (κ1) is 20.9. The van der Waals surface area contributed by atoms with Gasteiger partial charge in [-0.1, -0.05) is 0 Å². The van der Waals surface area contributed by atoms with Crippen molar-refractivity contribution in [1.29, 1.82) is 0 Å². The molecular weight excluding hydrogens is 395 g/mol. The van der Waals surface area contributed by atoms with Crippen LogP contribution < -0.4 is 10.1 Å². The fourth-order valence-electron chi connectivity index (χ4n) is 3.71. The Morgan fingerprint density at radius 1 is 1.21 bits per heavy atom. The molecule has 1 amide bonds. The summed E-state index contributed by atoms with van der Waals surface area (Å²) in [5.74, 6) is 0.369. The average Bonchev–Trinajstić information content (AvgIpc) is 3.12. The van der Waals surface area contributed by atoms with Crippen LogP contribution in [0.1, 0.15) is 29.6 Å². The number of hydrogen-bond donors (Lipinski definition) is 1. The standard InChI is InChI=1S/C21H23FN4O2.ClH/c1-25-11-8-15-19(25)16(21(27)26-9-4-3-5-10-26)13-23-20(15)24-14-6-7-17(22)18(12-14)28-2;/h6-8,11-13H,3-5,9-10H2,1-2H3,(H,23,24);1H. The lowest BCUT2D eigenvalue weighted by atomic mass is 10.1. The van der Waals surface area contributed by atoms with Crippen LogP contribution in [-0.4, -0.2) is 40.6 Å². The first-order valence-corrected chi connectivity index (χ1v) is 9.42. The Hall–Kier alpha value is -2.80. The van der Waals surface area contributed by atoms with Gasteiger partial charge in [0.1, 0.15) is 5.82 Å². The highest BCUT2D eigenvalue weighted by atomic mass is 35.5. The number of methoxy groups -OCH3 is 1. The maximum absolute atomic E-state index is 13.7. The van der Waals surface area contributed by atoms with Gasteiger partial charge in [-0.3, -0.25) is 4.79 Å². The minimum atomic E-state index is -0.423. The lowest BCUT2D eigenvalue weighted by molar-refractivity contribution is 0.0725. The molecular formula is C21H24ClFN4O2. The van der Waals surface area contributed by atoms with Gasteiger partial charge in [0.05, 0.1) is 18.2 Å². The minimum Gasteiger partial charge on any atom is -0.494 e. The summed E-state index contributed by atoms with van der Waals surface area (Å²) in [6, 6.07) is 6.48. The van der Waals surface area contributed by atoms with Crippen LogP contribution in [0, 0.1) is 5.82 Å². The first-order valence-electron chi connectivity index (χ1n) is 9.42. The van der Waals surface area contributed by atoms with E-state index in [4.69, 9.17) is 4.74 Å². The zero-order valence-corrected chi connectivity index (χ0v) is 17.3. The highest BCUT2D eigenvalue weighted by Crippen LogP contribution is 2.30. The Morgan fingerprint density at radius 3 is 2.69 bits per heavy atom. The Labute approximate surface area is 175 Å². The molecule has 0 bridgehead atoms. The number of piperidine rings is 1. The van der Waals surface area contributed by atoms with Crippen LogP contribution in [0.4, 0.5) is 15.9 Å². The van der Waals surface area contributed by atoms with Gasteiger partial charge in [-0.2, -0.15) is 0 Å². The molecule has 0 spiro atoms. The Morgan fingerprint density at radius 2 is 1.97 bits per heavy atom. The van der Waals surface area contributed by atoms with E-state index in [-0.39, 0.29) is 24.1 Å². The summed E-state index contributed by atoms with van der Waals surface area (Å²) in [7, 11) is 3.34. The molecule has 8 heteroatoms. The van der Waals surface area contributed by atoms with Crippen molar-refractivity contribution in [2.75, 3.05) is 25.5 Å². The number of anilines is 2. The van der Waals surface area contributed by atoms with Crippen molar-refractivity contribution in [3.8, 4) is 5.75 Å². The van der Waals surface area contributed by atoms with Gasteiger partial charge in [-0.25, -0.2) is 9.37 Å². The van der Waals surface area contributed by atoms with E-state index < -0.39 is 5.82 Å². The highest BCUT2D eigenvalue weighted by molar-refractivity contribution is 6.08. The molecule has 0 atom stereocenters. The molecule has 0 radical (unpaired) electrons. The molecule has 3 heterocycles. The average molecular weight is 419 g/mol. The third kappa shape index (κ3) is 4.00. The molecule has 4 rings (SSSR count). The third-order valence-electron chi connectivity index (χ3n) is 5.19. The fourth-order valence-corrected chi connectivity index (χ4v) is 3.71. The predicted octanol–water partition coefficient (Wildman–Crippen LogP) is 4.51. The Bertz CT molecular complexity index is 1030. The number of aromatic nitrogens is 2. The van der Waals surface area contributed by atoms with Crippen LogP contribution in [0.2, 0.25) is 0 Å². The molecule has 0 unspecified atom stereocenters. The van der Waals surface area contributed by atoms with E-state index >= 15 is 0 Å². The van der Waals surface area contributed by atoms with Gasteiger partial charge in [0, 0.05) is 49.7 Å². The maximum Gasteiger partial charge on any atom is 0.257 e. The van der Waals surface area contributed by atoms with Gasteiger partial charge in [0.2, 0.25) is 0 Å². The van der Waals surface area contributed by atoms with Gasteiger partial charge < -0.3 is 19.5 Å². The molecule has 3 aromatic rings. The van der Waals surface area contributed by atoms with E-state index in [1.54, 1.807) is 18.3 Å². The van der Waals surface area contributed by atoms with Crippen molar-refractivity contribution in [2.45, 2.75) is 19.3 Å². The number of likely N-dealkylation sites (tertiary alicyclic amines) is 1. The molecule has 1 saturated heterocycles. The number of benzene rings is 1. The highest BCUT2D eigenvalue weighted by Gasteiger charge is 2.23. The maximum atomic E-state index is 13.7. The van der Waals surface area contributed by atoms with Gasteiger partial charge in [0.15, 0.2) is 11.6 Å². The monoisotopic (exact) mass is 418 g/mol. The van der Waals surface area contributed by atoms with Crippen LogP contribution in [0.5, 0.6) is 5.75 Å². The normalized spacial score (nSPS) is 13.8. The van der Waals surface area contributed by atoms with Gasteiger partial charge in [-0.15, -0.1) is 12.4 Å². The first-order chi connectivity index (χ1) is 13.6. The molecule has 154 valence electrons. The summed E-state index contributed by atoms with van der Waals surface area (Å²) in [6.07, 6.45) is 6.80. The Kier molecular flexibility index (Phi) is 6.27. The third-order valence-corrected chi connectivity index (χ3v) is 5.19. The number of hydrogen-bond acceptors (Lipinski definition) is 4. The molecule has 1 N–H and O–H groups in total. The second-order valence-electron chi connectivity index (χ2n) is 7.04. The summed E-state index contributed by atoms with van der Waals surface area (Å²) in [5.41, 5.74) is 2.10. The number of halogens is 2. The number of nitrogens with zero attached hydrogens (tertiary/aromatic N) is 3. The van der Waals surface area contributed by atoms with E-state index in [9.17, 15) is 9.18 Å². The van der Waals surface area contributed by atoms with Crippen molar-refractivity contribution in [1.82, 2.24) is 14.5 Å². The molecule has 1 aliphatic heterocycles. The number of carbonyl (C=O) groups is 1. The quantitative estimate of drug-likeness (QED) is 0.677. The van der Waals surface area contributed by atoms with Crippen LogP contribution in [0.25, 0.3) is 10.9 Å².